The third-order valence-electron chi connectivity index (χ3n) is 2.44. The number of carbonyl (C=O) groups excluding carboxylic acids is 2. The Morgan fingerprint density at radius 3 is 1.95 bits per heavy atom. The van der Waals surface area contributed by atoms with Crippen LogP contribution < -0.4 is 0 Å². The van der Waals surface area contributed by atoms with Crippen molar-refractivity contribution in [2.45, 2.75) is 46.5 Å². The minimum Gasteiger partial charge on any atom is -0.462 e. The summed E-state index contributed by atoms with van der Waals surface area (Å²) in [6.07, 6.45) is 4.98. The fourth-order valence-corrected chi connectivity index (χ4v) is 1.20. The van der Waals surface area contributed by atoms with Crippen molar-refractivity contribution < 1.29 is 19.1 Å². The molecule has 4 nitrogen and oxygen atoms in total. The molecule has 0 aromatic carbocycles. The molecule has 0 saturated heterocycles. The lowest BCUT2D eigenvalue weighted by Crippen LogP contribution is -2.10. The van der Waals surface area contributed by atoms with Crippen LogP contribution in [-0.4, -0.2) is 25.2 Å². The Hall–Kier alpha value is -1.58. The summed E-state index contributed by atoms with van der Waals surface area (Å²) in [6.45, 7) is 9.99. The van der Waals surface area contributed by atoms with E-state index in [0.29, 0.717) is 18.8 Å². The van der Waals surface area contributed by atoms with Crippen LogP contribution in [-0.2, 0) is 19.1 Å². The van der Waals surface area contributed by atoms with Crippen LogP contribution in [0.25, 0.3) is 0 Å². The van der Waals surface area contributed by atoms with Gasteiger partial charge < -0.3 is 9.47 Å². The van der Waals surface area contributed by atoms with Gasteiger partial charge in [0.25, 0.3) is 0 Å². The average Bonchev–Trinajstić information content (AvgIpc) is 2.38. The number of carbonyl (C=O) groups is 2. The molecule has 0 aromatic rings. The predicted molar refractivity (Wildman–Crippen MR) is 74.6 cm³/mol. The number of hydrogen-bond donors (Lipinski definition) is 0. The normalized spacial score (nSPS) is 11.0. The summed E-state index contributed by atoms with van der Waals surface area (Å²) >= 11 is 0. The highest BCUT2D eigenvalue weighted by molar-refractivity contribution is 5.95. The van der Waals surface area contributed by atoms with Gasteiger partial charge in [-0.15, -0.1) is 0 Å². The summed E-state index contributed by atoms with van der Waals surface area (Å²) in [5, 5.41) is 0. The molecule has 0 bridgehead atoms. The molecule has 0 unspecified atom stereocenters. The zero-order valence-corrected chi connectivity index (χ0v) is 12.2. The highest BCUT2D eigenvalue weighted by Gasteiger charge is 2.10. The molecule has 19 heavy (non-hydrogen) atoms. The van der Waals surface area contributed by atoms with Gasteiger partial charge >= 0.3 is 11.9 Å². The lowest BCUT2D eigenvalue weighted by Gasteiger charge is -2.06. The number of rotatable bonds is 9. The summed E-state index contributed by atoms with van der Waals surface area (Å²) in [5.74, 6) is -0.912. The minimum atomic E-state index is -0.492. The molecule has 0 atom stereocenters. The fraction of sp³-hybridized carbons (Fsp3) is 0.600. The van der Waals surface area contributed by atoms with Gasteiger partial charge in [-0.25, -0.2) is 9.59 Å². The first-order chi connectivity index (χ1) is 9.02. The number of hydrogen-bond acceptors (Lipinski definition) is 4. The van der Waals surface area contributed by atoms with E-state index in [1.807, 2.05) is 13.8 Å². The van der Waals surface area contributed by atoms with Gasteiger partial charge in [-0.2, -0.15) is 0 Å². The summed E-state index contributed by atoms with van der Waals surface area (Å²) in [6, 6.07) is 0. The molecule has 108 valence electrons. The Labute approximate surface area is 115 Å². The van der Waals surface area contributed by atoms with Crippen molar-refractivity contribution in [3.63, 3.8) is 0 Å². The van der Waals surface area contributed by atoms with E-state index in [1.54, 1.807) is 6.92 Å². The van der Waals surface area contributed by atoms with Gasteiger partial charge in [0.2, 0.25) is 0 Å². The largest absolute Gasteiger partial charge is 0.462 e. The van der Waals surface area contributed by atoms with E-state index in [-0.39, 0.29) is 5.57 Å². The highest BCUT2D eigenvalue weighted by Crippen LogP contribution is 2.06. The summed E-state index contributed by atoms with van der Waals surface area (Å²) in [4.78, 5) is 23.1. The molecule has 0 fully saturated rings. The van der Waals surface area contributed by atoms with E-state index < -0.39 is 11.9 Å². The zero-order valence-electron chi connectivity index (χ0n) is 12.2. The smallest absolute Gasteiger partial charge is 0.337 e. The molecule has 0 heterocycles. The van der Waals surface area contributed by atoms with Crippen molar-refractivity contribution in [3.8, 4) is 0 Å². The Balaban J connectivity index is 4.21. The molecule has 4 heteroatoms. The molecule has 0 spiro atoms. The van der Waals surface area contributed by atoms with Crippen molar-refractivity contribution in [2.75, 3.05) is 13.2 Å². The van der Waals surface area contributed by atoms with Gasteiger partial charge in [0.1, 0.15) is 0 Å². The molecule has 0 amide bonds. The molecular formula is C15H24O4. The van der Waals surface area contributed by atoms with Crippen molar-refractivity contribution in [2.24, 2.45) is 0 Å². The molecule has 0 aliphatic carbocycles. The third-order valence-corrected chi connectivity index (χ3v) is 2.44. The van der Waals surface area contributed by atoms with E-state index in [9.17, 15) is 9.59 Å². The van der Waals surface area contributed by atoms with Crippen LogP contribution in [0.4, 0.5) is 0 Å². The second-order valence-corrected chi connectivity index (χ2v) is 4.33. The number of esters is 2. The second-order valence-electron chi connectivity index (χ2n) is 4.33. The van der Waals surface area contributed by atoms with Gasteiger partial charge in [0, 0.05) is 5.57 Å². The average molecular weight is 268 g/mol. The fourth-order valence-electron chi connectivity index (χ4n) is 1.20. The molecule has 0 aliphatic heterocycles. The van der Waals surface area contributed by atoms with Crippen LogP contribution in [0.5, 0.6) is 0 Å². The van der Waals surface area contributed by atoms with Crippen LogP contribution in [0.1, 0.15) is 46.5 Å². The SMILES string of the molecule is C=C(/C=C(\C)C(=O)OCCCC)C(=O)OCCCC. The Kier molecular flexibility index (Phi) is 9.49. The van der Waals surface area contributed by atoms with E-state index in [1.165, 1.54) is 6.08 Å². The quantitative estimate of drug-likeness (QED) is 0.279. The van der Waals surface area contributed by atoms with Gasteiger partial charge in [-0.1, -0.05) is 33.3 Å². The lowest BCUT2D eigenvalue weighted by molar-refractivity contribution is -0.139. The molecule has 0 aromatic heterocycles. The topological polar surface area (TPSA) is 52.6 Å². The molecule has 0 aliphatic rings. The van der Waals surface area contributed by atoms with Gasteiger partial charge in [0.15, 0.2) is 0 Å². The van der Waals surface area contributed by atoms with E-state index in [2.05, 4.69) is 6.58 Å². The van der Waals surface area contributed by atoms with E-state index in [4.69, 9.17) is 9.47 Å². The van der Waals surface area contributed by atoms with Crippen LogP contribution in [0, 0.1) is 0 Å². The maximum atomic E-state index is 11.6. The van der Waals surface area contributed by atoms with Crippen molar-refractivity contribution in [3.05, 3.63) is 23.8 Å². The second kappa shape index (κ2) is 10.4. The Morgan fingerprint density at radius 1 is 1.00 bits per heavy atom. The third kappa shape index (κ3) is 8.19. The minimum absolute atomic E-state index is 0.168. The van der Waals surface area contributed by atoms with Crippen LogP contribution in [0.3, 0.4) is 0 Å². The van der Waals surface area contributed by atoms with Gasteiger partial charge in [-0.05, 0) is 25.8 Å². The van der Waals surface area contributed by atoms with Gasteiger partial charge in [0.05, 0.1) is 18.8 Å². The maximum absolute atomic E-state index is 11.6. The van der Waals surface area contributed by atoms with Gasteiger partial charge in [-0.3, -0.25) is 0 Å². The van der Waals surface area contributed by atoms with Crippen LogP contribution in [0.2, 0.25) is 0 Å². The predicted octanol–water partition coefficient (Wildman–Crippen LogP) is 3.18. The summed E-state index contributed by atoms with van der Waals surface area (Å²) < 4.78 is 10.0. The molecular weight excluding hydrogens is 244 g/mol. The first-order valence-electron chi connectivity index (χ1n) is 6.74. The molecule has 0 radical (unpaired) electrons. The first kappa shape index (κ1) is 17.4. The first-order valence-corrected chi connectivity index (χ1v) is 6.74. The Morgan fingerprint density at radius 2 is 1.47 bits per heavy atom. The standard InChI is InChI=1S/C15H24O4/c1-5-7-9-18-14(16)12(3)11-13(4)15(17)19-10-8-6-2/h11H,3,5-10H2,1-2,4H3/b13-11+. The van der Waals surface area contributed by atoms with Crippen LogP contribution >= 0.6 is 0 Å². The zero-order chi connectivity index (χ0) is 14.7. The Bertz CT molecular complexity index is 342. The highest BCUT2D eigenvalue weighted by atomic mass is 16.5. The molecule has 0 rings (SSSR count). The van der Waals surface area contributed by atoms with Crippen molar-refractivity contribution in [1.29, 1.82) is 0 Å². The maximum Gasteiger partial charge on any atom is 0.337 e. The van der Waals surface area contributed by atoms with E-state index in [0.717, 1.165) is 25.7 Å². The number of unbranched alkanes of at least 4 members (excludes halogenated alkanes) is 2. The molecule has 0 N–H and O–H groups in total. The van der Waals surface area contributed by atoms with Crippen LogP contribution in [0.15, 0.2) is 23.8 Å². The summed E-state index contributed by atoms with van der Waals surface area (Å²) in [7, 11) is 0. The molecule has 0 saturated carbocycles. The summed E-state index contributed by atoms with van der Waals surface area (Å²) in [5.41, 5.74) is 0.523. The number of ether oxygens (including phenoxy) is 2. The van der Waals surface area contributed by atoms with Crippen molar-refractivity contribution in [1.82, 2.24) is 0 Å². The van der Waals surface area contributed by atoms with E-state index >= 15 is 0 Å². The van der Waals surface area contributed by atoms with Crippen molar-refractivity contribution >= 4 is 11.9 Å². The lowest BCUT2D eigenvalue weighted by atomic mass is 10.2. The monoisotopic (exact) mass is 268 g/mol.